The number of aromatic nitrogens is 3. The van der Waals surface area contributed by atoms with Gasteiger partial charge in [0.2, 0.25) is 0 Å². The first-order chi connectivity index (χ1) is 16.1. The third-order valence-corrected chi connectivity index (χ3v) is 5.66. The molecule has 0 saturated heterocycles. The van der Waals surface area contributed by atoms with Crippen LogP contribution < -0.4 is 31.0 Å². The lowest BCUT2D eigenvalue weighted by Gasteiger charge is -2.34. The molecule has 0 atom stereocenters. The molecule has 1 aromatic carbocycles. The van der Waals surface area contributed by atoms with Gasteiger partial charge in [0.1, 0.15) is 36.2 Å². The summed E-state index contributed by atoms with van der Waals surface area (Å²) in [7, 11) is 3.40. The third-order valence-electron chi connectivity index (χ3n) is 5.66. The Morgan fingerprint density at radius 3 is 2.85 bits per heavy atom. The van der Waals surface area contributed by atoms with Crippen molar-refractivity contribution in [1.82, 2.24) is 25.4 Å². The van der Waals surface area contributed by atoms with E-state index in [9.17, 15) is 9.18 Å². The van der Waals surface area contributed by atoms with E-state index in [2.05, 4.69) is 31.6 Å². The Balaban J connectivity index is 1.41. The maximum atomic E-state index is 14.1. The summed E-state index contributed by atoms with van der Waals surface area (Å²) < 4.78 is 32.0. The molecule has 1 aliphatic heterocycles. The number of carbonyl (C=O) groups is 1. The lowest BCUT2D eigenvalue weighted by Crippen LogP contribution is -2.52. The molecule has 0 unspecified atom stereocenters. The lowest BCUT2D eigenvalue weighted by atomic mass is 9.90. The number of anilines is 3. The molecular formula is C21H24FN7O4. The summed E-state index contributed by atoms with van der Waals surface area (Å²) in [6.07, 6.45) is 3.31. The van der Waals surface area contributed by atoms with Crippen molar-refractivity contribution in [2.24, 2.45) is 0 Å². The number of hydrogen-bond donors (Lipinski definition) is 4. The molecule has 0 bridgehead atoms. The maximum Gasteiger partial charge on any atom is 0.270 e. The fourth-order valence-corrected chi connectivity index (χ4v) is 3.83. The van der Waals surface area contributed by atoms with Gasteiger partial charge in [0, 0.05) is 38.4 Å². The number of amides is 1. The number of hydrogen-bond acceptors (Lipinski definition) is 9. The molecule has 1 saturated carbocycles. The molecular weight excluding hydrogens is 433 g/mol. The van der Waals surface area contributed by atoms with E-state index in [-0.39, 0.29) is 23.6 Å². The van der Waals surface area contributed by atoms with Crippen molar-refractivity contribution in [3.8, 4) is 11.5 Å². The summed E-state index contributed by atoms with van der Waals surface area (Å²) in [5.74, 6) is 0.843. The molecule has 1 amide bonds. The molecule has 1 aliphatic carbocycles. The molecule has 4 N–H and O–H groups in total. The van der Waals surface area contributed by atoms with E-state index in [0.717, 1.165) is 12.8 Å². The zero-order chi connectivity index (χ0) is 22.9. The molecule has 33 heavy (non-hydrogen) atoms. The van der Waals surface area contributed by atoms with Gasteiger partial charge in [-0.1, -0.05) is 0 Å². The van der Waals surface area contributed by atoms with Crippen LogP contribution >= 0.6 is 0 Å². The molecule has 174 valence electrons. The molecule has 1 fully saturated rings. The van der Waals surface area contributed by atoms with E-state index in [1.165, 1.54) is 22.8 Å². The predicted octanol–water partition coefficient (Wildman–Crippen LogP) is 1.84. The first-order valence-corrected chi connectivity index (χ1v) is 10.6. The van der Waals surface area contributed by atoms with E-state index in [0.29, 0.717) is 47.7 Å². The van der Waals surface area contributed by atoms with Gasteiger partial charge in [0.05, 0.1) is 18.0 Å². The second-order valence-electron chi connectivity index (χ2n) is 7.80. The number of ether oxygens (including phenoxy) is 3. The van der Waals surface area contributed by atoms with Crippen molar-refractivity contribution in [2.75, 3.05) is 38.0 Å². The smallest absolute Gasteiger partial charge is 0.270 e. The number of halogens is 1. The Labute approximate surface area is 188 Å². The molecule has 3 heterocycles. The molecule has 5 rings (SSSR count). The van der Waals surface area contributed by atoms with Crippen molar-refractivity contribution < 1.29 is 23.4 Å². The van der Waals surface area contributed by atoms with Gasteiger partial charge in [-0.25, -0.2) is 14.8 Å². The van der Waals surface area contributed by atoms with Gasteiger partial charge >= 0.3 is 0 Å². The topological polar surface area (TPSA) is 123 Å². The quantitative estimate of drug-likeness (QED) is 0.394. The first-order valence-electron chi connectivity index (χ1n) is 10.6. The second-order valence-corrected chi connectivity index (χ2v) is 7.80. The first kappa shape index (κ1) is 21.2. The summed E-state index contributed by atoms with van der Waals surface area (Å²) in [4.78, 5) is 17.3. The standard InChI is InChI=1S/C21H24FN7O4/c1-23-18-9-17(25-15-5-11(22)6-16-19(15)33-4-3-32-16)26-20-14(10-24-29(18)20)21(30)28-27-12-7-13(8-12)31-2/h5-6,9-10,12-13,23,27H,3-4,7-8H2,1-2H3,(H,25,26)(H,28,30). The van der Waals surface area contributed by atoms with Gasteiger partial charge < -0.3 is 24.8 Å². The number of nitrogens with zero attached hydrogens (tertiary/aromatic N) is 3. The highest BCUT2D eigenvalue weighted by atomic mass is 19.1. The molecule has 2 aliphatic rings. The van der Waals surface area contributed by atoms with Crippen LogP contribution in [0.4, 0.5) is 21.7 Å². The van der Waals surface area contributed by atoms with Crippen LogP contribution in [0.3, 0.4) is 0 Å². The molecule has 0 radical (unpaired) electrons. The normalized spacial score (nSPS) is 19.1. The van der Waals surface area contributed by atoms with Crippen molar-refractivity contribution >= 4 is 28.9 Å². The fraction of sp³-hybridized carbons (Fsp3) is 0.381. The zero-order valence-corrected chi connectivity index (χ0v) is 18.1. The SMILES string of the molecule is CNc1cc(Nc2cc(F)cc3c2OCCO3)nc2c(C(=O)NNC3CC(OC)C3)cnn12. The predicted molar refractivity (Wildman–Crippen MR) is 118 cm³/mol. The molecule has 3 aromatic rings. The van der Waals surface area contributed by atoms with Crippen molar-refractivity contribution in [3.63, 3.8) is 0 Å². The van der Waals surface area contributed by atoms with Crippen LogP contribution in [0.2, 0.25) is 0 Å². The van der Waals surface area contributed by atoms with E-state index in [1.54, 1.807) is 20.2 Å². The molecule has 12 heteroatoms. The lowest BCUT2D eigenvalue weighted by molar-refractivity contribution is 0.0133. The zero-order valence-electron chi connectivity index (χ0n) is 18.1. The number of nitrogens with one attached hydrogen (secondary N) is 4. The second kappa shape index (κ2) is 8.71. The van der Waals surface area contributed by atoms with Gasteiger partial charge in [0.25, 0.3) is 5.91 Å². The number of methoxy groups -OCH3 is 1. The van der Waals surface area contributed by atoms with Crippen LogP contribution in [0.15, 0.2) is 24.4 Å². The minimum Gasteiger partial charge on any atom is -0.486 e. The van der Waals surface area contributed by atoms with Gasteiger partial charge in [-0.3, -0.25) is 10.2 Å². The average Bonchev–Trinajstić information content (AvgIpc) is 3.21. The van der Waals surface area contributed by atoms with Gasteiger partial charge in [-0.15, -0.1) is 0 Å². The third kappa shape index (κ3) is 4.10. The van der Waals surface area contributed by atoms with Crippen LogP contribution in [0.5, 0.6) is 11.5 Å². The van der Waals surface area contributed by atoms with Crippen molar-refractivity contribution in [3.05, 3.63) is 35.8 Å². The van der Waals surface area contributed by atoms with Crippen LogP contribution in [-0.4, -0.2) is 60.0 Å². The Kier molecular flexibility index (Phi) is 5.60. The van der Waals surface area contributed by atoms with Crippen LogP contribution in [0.1, 0.15) is 23.2 Å². The maximum absolute atomic E-state index is 14.1. The monoisotopic (exact) mass is 457 g/mol. The highest BCUT2D eigenvalue weighted by Crippen LogP contribution is 2.40. The summed E-state index contributed by atoms with van der Waals surface area (Å²) in [5, 5.41) is 10.4. The Bertz CT molecular complexity index is 1200. The van der Waals surface area contributed by atoms with E-state index < -0.39 is 5.82 Å². The Hall–Kier alpha value is -3.64. The van der Waals surface area contributed by atoms with Gasteiger partial charge in [-0.05, 0) is 12.8 Å². The largest absolute Gasteiger partial charge is 0.486 e. The summed E-state index contributed by atoms with van der Waals surface area (Å²) in [6, 6.07) is 4.43. The number of fused-ring (bicyclic) bond motifs is 2. The van der Waals surface area contributed by atoms with Crippen LogP contribution in [0.25, 0.3) is 5.65 Å². The minimum absolute atomic E-state index is 0.153. The van der Waals surface area contributed by atoms with E-state index >= 15 is 0 Å². The molecule has 11 nitrogen and oxygen atoms in total. The average molecular weight is 457 g/mol. The van der Waals surface area contributed by atoms with Crippen LogP contribution in [0, 0.1) is 5.82 Å². The summed E-state index contributed by atoms with van der Waals surface area (Å²) in [6.45, 7) is 0.701. The highest BCUT2D eigenvalue weighted by Gasteiger charge is 2.29. The Morgan fingerprint density at radius 1 is 1.24 bits per heavy atom. The fourth-order valence-electron chi connectivity index (χ4n) is 3.83. The number of hydrazine groups is 1. The summed E-state index contributed by atoms with van der Waals surface area (Å²) in [5.41, 5.74) is 6.71. The molecule has 0 spiro atoms. The highest BCUT2D eigenvalue weighted by molar-refractivity contribution is 5.99. The Morgan fingerprint density at radius 2 is 2.06 bits per heavy atom. The number of rotatable bonds is 7. The summed E-state index contributed by atoms with van der Waals surface area (Å²) >= 11 is 0. The van der Waals surface area contributed by atoms with Crippen molar-refractivity contribution in [1.29, 1.82) is 0 Å². The number of carbonyl (C=O) groups excluding carboxylic acids is 1. The van der Waals surface area contributed by atoms with E-state index in [1.807, 2.05) is 0 Å². The van der Waals surface area contributed by atoms with Crippen LogP contribution in [-0.2, 0) is 4.74 Å². The molecule has 2 aromatic heterocycles. The minimum atomic E-state index is -0.473. The van der Waals surface area contributed by atoms with Gasteiger partial charge in [0.15, 0.2) is 17.1 Å². The van der Waals surface area contributed by atoms with Gasteiger partial charge in [-0.2, -0.15) is 9.61 Å². The van der Waals surface area contributed by atoms with Crippen molar-refractivity contribution in [2.45, 2.75) is 25.0 Å². The number of benzene rings is 1. The van der Waals surface area contributed by atoms with E-state index in [4.69, 9.17) is 14.2 Å².